The van der Waals surface area contributed by atoms with Gasteiger partial charge in [-0.25, -0.2) is 19.7 Å². The van der Waals surface area contributed by atoms with Crippen molar-refractivity contribution in [1.29, 1.82) is 0 Å². The predicted molar refractivity (Wildman–Crippen MR) is 165 cm³/mol. The number of hydrogen-bond acceptors (Lipinski definition) is 7. The first-order valence-corrected chi connectivity index (χ1v) is 14.7. The first-order chi connectivity index (χ1) is 22.1. The number of amides is 2. The van der Waals surface area contributed by atoms with Crippen molar-refractivity contribution in [2.24, 2.45) is 0 Å². The van der Waals surface area contributed by atoms with E-state index in [0.29, 0.717) is 35.7 Å². The number of carbonyl (C=O) groups is 2. The Balaban J connectivity index is 1.24. The number of carbonyl (C=O) groups excluding carboxylic acids is 2. The normalized spacial score (nSPS) is 15.1. The van der Waals surface area contributed by atoms with Crippen LogP contribution >= 0.6 is 11.6 Å². The lowest BCUT2D eigenvalue weighted by Gasteiger charge is -2.31. The molecule has 1 aliphatic rings. The number of ether oxygens (including phenoxy) is 1. The maximum atomic E-state index is 13.1. The number of pyridine rings is 1. The fourth-order valence-electron chi connectivity index (χ4n) is 5.41. The standard InChI is InChI=1S/C32H27ClF3N7O3/c33-24-16-39-28(37)27-26(20-8-10-21(11-9-20)30(44)40-25-15-23(12-13-38-25)32(34,35)36)41-29(43(24)27)22-7-4-14-42(17-22)31(45)46-18-19-5-2-1-3-6-19/h1-3,5-6,8-13,15-16,22H,4,7,14,17-18H2,(H2,37,39)(H,38,40,44)/t22-/m1/s1. The van der Waals surface area contributed by atoms with E-state index in [1.165, 1.54) is 18.3 Å². The number of fused-ring (bicyclic) bond motifs is 1. The van der Waals surface area contributed by atoms with Crippen molar-refractivity contribution in [1.82, 2.24) is 24.3 Å². The summed E-state index contributed by atoms with van der Waals surface area (Å²) < 4.78 is 46.5. The van der Waals surface area contributed by atoms with E-state index < -0.39 is 23.7 Å². The number of hydrogen-bond donors (Lipinski definition) is 2. The number of halogens is 4. The largest absolute Gasteiger partial charge is 0.445 e. The number of benzene rings is 2. The van der Waals surface area contributed by atoms with Gasteiger partial charge in [-0.15, -0.1) is 0 Å². The van der Waals surface area contributed by atoms with Gasteiger partial charge in [0, 0.05) is 36.3 Å². The Morgan fingerprint density at radius 1 is 1.07 bits per heavy atom. The van der Waals surface area contributed by atoms with E-state index in [0.717, 1.165) is 36.7 Å². The smallest absolute Gasteiger partial charge is 0.416 e. The van der Waals surface area contributed by atoms with Crippen molar-refractivity contribution >= 4 is 40.8 Å². The Hall–Kier alpha value is -5.17. The summed E-state index contributed by atoms with van der Waals surface area (Å²) in [6.45, 7) is 1.06. The molecule has 0 radical (unpaired) electrons. The highest BCUT2D eigenvalue weighted by atomic mass is 35.5. The zero-order valence-electron chi connectivity index (χ0n) is 24.2. The molecule has 0 saturated carbocycles. The third-order valence-electron chi connectivity index (χ3n) is 7.67. The van der Waals surface area contributed by atoms with Gasteiger partial charge in [-0.3, -0.25) is 9.20 Å². The minimum Gasteiger partial charge on any atom is -0.445 e. The second kappa shape index (κ2) is 12.7. The zero-order valence-corrected chi connectivity index (χ0v) is 24.9. The number of alkyl halides is 3. The zero-order chi connectivity index (χ0) is 32.4. The molecule has 3 N–H and O–H groups in total. The van der Waals surface area contributed by atoms with Gasteiger partial charge >= 0.3 is 12.3 Å². The summed E-state index contributed by atoms with van der Waals surface area (Å²) in [5.74, 6) is -0.275. The monoisotopic (exact) mass is 649 g/mol. The number of nitrogens with one attached hydrogen (secondary N) is 1. The lowest BCUT2D eigenvalue weighted by atomic mass is 9.97. The van der Waals surface area contributed by atoms with E-state index in [1.807, 2.05) is 30.3 Å². The van der Waals surface area contributed by atoms with E-state index in [4.69, 9.17) is 27.1 Å². The van der Waals surface area contributed by atoms with Crippen LogP contribution in [0.1, 0.15) is 46.1 Å². The number of nitrogens with two attached hydrogens (primary N) is 1. The van der Waals surface area contributed by atoms with Gasteiger partial charge in [0.2, 0.25) is 0 Å². The molecule has 2 amide bonds. The van der Waals surface area contributed by atoms with Crippen LogP contribution in [0.5, 0.6) is 0 Å². The quantitative estimate of drug-likeness (QED) is 0.207. The van der Waals surface area contributed by atoms with Crippen LogP contribution in [-0.4, -0.2) is 49.3 Å². The Kier molecular flexibility index (Phi) is 8.50. The molecule has 6 rings (SSSR count). The van der Waals surface area contributed by atoms with Crippen LogP contribution in [-0.2, 0) is 17.5 Å². The molecule has 4 heterocycles. The molecule has 1 saturated heterocycles. The molecule has 3 aromatic heterocycles. The topological polar surface area (TPSA) is 128 Å². The molecule has 1 fully saturated rings. The van der Waals surface area contributed by atoms with Crippen LogP contribution < -0.4 is 11.1 Å². The average Bonchev–Trinajstić information content (AvgIpc) is 3.48. The maximum Gasteiger partial charge on any atom is 0.416 e. The van der Waals surface area contributed by atoms with Gasteiger partial charge in [0.05, 0.1) is 11.8 Å². The van der Waals surface area contributed by atoms with Crippen LogP contribution in [0, 0.1) is 0 Å². The molecule has 0 unspecified atom stereocenters. The van der Waals surface area contributed by atoms with Crippen molar-refractivity contribution in [3.05, 3.63) is 107 Å². The molecule has 0 bridgehead atoms. The highest BCUT2D eigenvalue weighted by Crippen LogP contribution is 2.36. The number of nitrogen functional groups attached to an aromatic ring is 1. The Morgan fingerprint density at radius 3 is 2.57 bits per heavy atom. The van der Waals surface area contributed by atoms with Gasteiger partial charge in [-0.1, -0.05) is 54.1 Å². The van der Waals surface area contributed by atoms with Gasteiger partial charge in [0.15, 0.2) is 0 Å². The first kappa shape index (κ1) is 30.8. The van der Waals surface area contributed by atoms with Crippen LogP contribution in [0.4, 0.5) is 29.6 Å². The van der Waals surface area contributed by atoms with Crippen molar-refractivity contribution in [3.63, 3.8) is 0 Å². The van der Waals surface area contributed by atoms with Crippen molar-refractivity contribution in [2.75, 3.05) is 24.1 Å². The summed E-state index contributed by atoms with van der Waals surface area (Å²) in [6.07, 6.45) is -1.12. The summed E-state index contributed by atoms with van der Waals surface area (Å²) in [4.78, 5) is 40.4. The molecule has 14 heteroatoms. The van der Waals surface area contributed by atoms with Gasteiger partial charge < -0.3 is 20.7 Å². The summed E-state index contributed by atoms with van der Waals surface area (Å²) in [7, 11) is 0. The molecule has 5 aromatic rings. The molecule has 0 spiro atoms. The van der Waals surface area contributed by atoms with Crippen molar-refractivity contribution in [3.8, 4) is 11.3 Å². The van der Waals surface area contributed by atoms with Crippen LogP contribution in [0.2, 0.25) is 5.15 Å². The van der Waals surface area contributed by atoms with E-state index in [-0.39, 0.29) is 34.9 Å². The molecular weight excluding hydrogens is 623 g/mol. The number of piperidine rings is 1. The van der Waals surface area contributed by atoms with Gasteiger partial charge in [0.25, 0.3) is 5.91 Å². The summed E-state index contributed by atoms with van der Waals surface area (Å²) in [5, 5.41) is 2.68. The van der Waals surface area contributed by atoms with E-state index in [2.05, 4.69) is 15.3 Å². The summed E-state index contributed by atoms with van der Waals surface area (Å²) >= 11 is 6.62. The first-order valence-electron chi connectivity index (χ1n) is 14.3. The summed E-state index contributed by atoms with van der Waals surface area (Å²) in [6, 6.07) is 17.3. The van der Waals surface area contributed by atoms with Crippen LogP contribution in [0.3, 0.4) is 0 Å². The minimum atomic E-state index is -4.57. The van der Waals surface area contributed by atoms with Gasteiger partial charge in [-0.2, -0.15) is 13.2 Å². The number of rotatable bonds is 6. The Morgan fingerprint density at radius 2 is 1.83 bits per heavy atom. The molecule has 1 aliphatic heterocycles. The van der Waals surface area contributed by atoms with E-state index >= 15 is 0 Å². The third-order valence-corrected chi connectivity index (χ3v) is 7.94. The van der Waals surface area contributed by atoms with Gasteiger partial charge in [0.1, 0.15) is 40.4 Å². The molecule has 1 atom stereocenters. The minimum absolute atomic E-state index is 0.163. The molecule has 2 aromatic carbocycles. The number of anilines is 2. The third kappa shape index (κ3) is 6.45. The van der Waals surface area contributed by atoms with Crippen LogP contribution in [0.25, 0.3) is 16.8 Å². The molecular formula is C32H27ClF3N7O3. The van der Waals surface area contributed by atoms with Crippen molar-refractivity contribution in [2.45, 2.75) is 31.5 Å². The van der Waals surface area contributed by atoms with Crippen molar-refractivity contribution < 1.29 is 27.5 Å². The Labute approximate surface area is 266 Å². The number of likely N-dealkylation sites (tertiary alicyclic amines) is 1. The molecule has 236 valence electrons. The van der Waals surface area contributed by atoms with E-state index in [9.17, 15) is 22.8 Å². The lowest BCUT2D eigenvalue weighted by Crippen LogP contribution is -2.39. The highest BCUT2D eigenvalue weighted by molar-refractivity contribution is 6.30. The molecule has 46 heavy (non-hydrogen) atoms. The maximum absolute atomic E-state index is 13.1. The second-order valence-electron chi connectivity index (χ2n) is 10.8. The number of imidazole rings is 1. The SMILES string of the molecule is Nc1ncc(Cl)n2c([C@@H]3CCCN(C(=O)OCc4ccccc4)C3)nc(-c3ccc(C(=O)Nc4cc(C(F)(F)F)ccn4)cc3)c12. The van der Waals surface area contributed by atoms with Gasteiger partial charge in [-0.05, 0) is 42.7 Å². The Bertz CT molecular complexity index is 1900. The fraction of sp³-hybridized carbons (Fsp3) is 0.219. The molecule has 10 nitrogen and oxygen atoms in total. The predicted octanol–water partition coefficient (Wildman–Crippen LogP) is 6.81. The second-order valence-corrected chi connectivity index (χ2v) is 11.1. The fourth-order valence-corrected chi connectivity index (χ4v) is 5.63. The van der Waals surface area contributed by atoms with Crippen LogP contribution in [0.15, 0.2) is 79.1 Å². The lowest BCUT2D eigenvalue weighted by molar-refractivity contribution is -0.137. The molecule has 0 aliphatic carbocycles. The average molecular weight is 650 g/mol. The van der Waals surface area contributed by atoms with E-state index in [1.54, 1.807) is 21.4 Å². The summed E-state index contributed by atoms with van der Waals surface area (Å²) in [5.41, 5.74) is 8.01. The number of aromatic nitrogens is 4. The highest BCUT2D eigenvalue weighted by Gasteiger charge is 2.32. The number of nitrogens with zero attached hydrogens (tertiary/aromatic N) is 5.